The van der Waals surface area contributed by atoms with Crippen LogP contribution in [0.3, 0.4) is 0 Å². The Kier molecular flexibility index (Phi) is 5.87. The summed E-state index contributed by atoms with van der Waals surface area (Å²) >= 11 is 5.77. The van der Waals surface area contributed by atoms with E-state index in [-0.39, 0.29) is 35.1 Å². The first-order valence-electron chi connectivity index (χ1n) is 8.83. The summed E-state index contributed by atoms with van der Waals surface area (Å²) in [7, 11) is -4.15. The number of nitrogens with one attached hydrogen (secondary N) is 1. The average Bonchev–Trinajstić information content (AvgIpc) is 2.94. The summed E-state index contributed by atoms with van der Waals surface area (Å²) in [5, 5.41) is 18.5. The molecule has 1 heterocycles. The highest BCUT2D eigenvalue weighted by Gasteiger charge is 2.52. The van der Waals surface area contributed by atoms with Gasteiger partial charge in [-0.15, -0.1) is 0 Å². The van der Waals surface area contributed by atoms with Crippen LogP contribution in [0.1, 0.15) is 17.5 Å². The highest BCUT2D eigenvalue weighted by Crippen LogP contribution is 2.33. The van der Waals surface area contributed by atoms with Crippen LogP contribution in [-0.4, -0.2) is 37.5 Å². The van der Waals surface area contributed by atoms with Gasteiger partial charge in [-0.3, -0.25) is 9.59 Å². The summed E-state index contributed by atoms with van der Waals surface area (Å²) in [4.78, 5) is 26.1. The number of hydrogen-bond donors (Lipinski definition) is 3. The van der Waals surface area contributed by atoms with Crippen molar-refractivity contribution in [1.29, 1.82) is 0 Å². The number of rotatable bonds is 5. The lowest BCUT2D eigenvalue weighted by Gasteiger charge is -2.23. The van der Waals surface area contributed by atoms with Gasteiger partial charge in [-0.05, 0) is 48.4 Å². The third-order valence-corrected chi connectivity index (χ3v) is 5.92. The number of anilines is 1. The van der Waals surface area contributed by atoms with Crippen molar-refractivity contribution in [1.82, 2.24) is 5.32 Å². The number of nitrogens with two attached hydrogens (primary N) is 1. The number of nitrogens with zero attached hydrogens (tertiary/aromatic N) is 1. The minimum absolute atomic E-state index is 0.0197. The van der Waals surface area contributed by atoms with E-state index in [0.29, 0.717) is 11.1 Å². The lowest BCUT2D eigenvalue weighted by molar-refractivity contribution is -0.149. The normalized spacial score (nSPS) is 19.2. The van der Waals surface area contributed by atoms with Crippen molar-refractivity contribution in [3.05, 3.63) is 58.4 Å². The molecule has 3 rings (SSSR count). The third-order valence-electron chi connectivity index (χ3n) is 4.76. The molecule has 1 unspecified atom stereocenters. The molecule has 0 bridgehead atoms. The number of carbonyl (C=O) groups excluding carboxylic acids is 2. The number of primary sulfonamides is 1. The van der Waals surface area contributed by atoms with Gasteiger partial charge in [0.05, 0.1) is 5.69 Å². The van der Waals surface area contributed by atoms with Gasteiger partial charge in [-0.2, -0.15) is 0 Å². The van der Waals surface area contributed by atoms with E-state index in [4.69, 9.17) is 16.7 Å². The first kappa shape index (κ1) is 22.2. The smallest absolute Gasteiger partial charge is 0.268 e. The number of carbonyl (C=O) groups is 2. The van der Waals surface area contributed by atoms with Gasteiger partial charge in [0.2, 0.25) is 15.6 Å². The molecule has 0 aromatic heterocycles. The lowest BCUT2D eigenvalue weighted by atomic mass is 10.0. The van der Waals surface area contributed by atoms with Crippen molar-refractivity contribution in [2.45, 2.75) is 30.4 Å². The minimum Gasteiger partial charge on any atom is -0.372 e. The zero-order valence-corrected chi connectivity index (χ0v) is 17.4. The van der Waals surface area contributed by atoms with Gasteiger partial charge in [-0.1, -0.05) is 17.7 Å². The maximum absolute atomic E-state index is 13.4. The van der Waals surface area contributed by atoms with Crippen molar-refractivity contribution in [2.75, 3.05) is 11.4 Å². The molecule has 1 saturated heterocycles. The second-order valence-electron chi connectivity index (χ2n) is 7.04. The molecule has 2 amide bonds. The number of aryl methyl sites for hydroxylation is 1. The maximum Gasteiger partial charge on any atom is 0.268 e. The summed E-state index contributed by atoms with van der Waals surface area (Å²) in [5.41, 5.74) is -1.48. The number of aliphatic hydroxyl groups is 1. The van der Waals surface area contributed by atoms with E-state index in [2.05, 4.69) is 5.32 Å². The monoisotopic (exact) mass is 455 g/mol. The van der Waals surface area contributed by atoms with Crippen LogP contribution in [0, 0.1) is 12.7 Å². The number of halogens is 2. The summed E-state index contributed by atoms with van der Waals surface area (Å²) in [6.45, 7) is 1.39. The van der Waals surface area contributed by atoms with Gasteiger partial charge >= 0.3 is 0 Å². The third kappa shape index (κ3) is 4.31. The zero-order valence-electron chi connectivity index (χ0n) is 15.9. The molecule has 160 valence electrons. The van der Waals surface area contributed by atoms with Gasteiger partial charge in [-0.25, -0.2) is 17.9 Å². The van der Waals surface area contributed by atoms with Crippen LogP contribution >= 0.6 is 11.6 Å². The summed E-state index contributed by atoms with van der Waals surface area (Å²) in [5.74, 6) is -2.56. The second kappa shape index (κ2) is 7.95. The number of benzene rings is 2. The quantitative estimate of drug-likeness (QED) is 0.583. The van der Waals surface area contributed by atoms with Gasteiger partial charge in [0, 0.05) is 24.5 Å². The van der Waals surface area contributed by atoms with Crippen LogP contribution < -0.4 is 15.4 Å². The van der Waals surface area contributed by atoms with E-state index < -0.39 is 33.3 Å². The van der Waals surface area contributed by atoms with Gasteiger partial charge < -0.3 is 15.3 Å². The highest BCUT2D eigenvalue weighted by molar-refractivity contribution is 7.89. The Labute approximate surface area is 177 Å². The Balaban J connectivity index is 1.82. The first-order valence-corrected chi connectivity index (χ1v) is 10.8. The molecular weight excluding hydrogens is 437 g/mol. The Morgan fingerprint density at radius 2 is 2.03 bits per heavy atom. The number of hydrogen-bond acceptors (Lipinski definition) is 5. The zero-order chi connectivity index (χ0) is 22.3. The van der Waals surface area contributed by atoms with Crippen molar-refractivity contribution in [3.63, 3.8) is 0 Å². The maximum atomic E-state index is 13.4. The van der Waals surface area contributed by atoms with E-state index in [1.165, 1.54) is 18.2 Å². The number of amides is 2. The predicted octanol–water partition coefficient (Wildman–Crippen LogP) is 1.22. The van der Waals surface area contributed by atoms with E-state index in [0.717, 1.165) is 17.0 Å². The molecule has 8 nitrogen and oxygen atoms in total. The molecule has 0 radical (unpaired) electrons. The Morgan fingerprint density at radius 1 is 1.33 bits per heavy atom. The molecule has 30 heavy (non-hydrogen) atoms. The first-order chi connectivity index (χ1) is 13.9. The molecule has 1 atom stereocenters. The van der Waals surface area contributed by atoms with Gasteiger partial charge in [0.15, 0.2) is 0 Å². The fourth-order valence-corrected chi connectivity index (χ4v) is 4.32. The van der Waals surface area contributed by atoms with Gasteiger partial charge in [0.25, 0.3) is 11.8 Å². The molecule has 1 fully saturated rings. The second-order valence-corrected chi connectivity index (χ2v) is 9.01. The lowest BCUT2D eigenvalue weighted by Crippen LogP contribution is -2.52. The standard InChI is InChI=1S/C19H19ClFN3O5S/c1-11-2-3-15(16(6-11)30(22,28)29)24-5-4-19(27,18(24)26)17(25)23-10-12-7-13(20)9-14(21)8-12/h2-3,6-9,27H,4-5,10H2,1H3,(H,23,25)(H2,22,28,29). The largest absolute Gasteiger partial charge is 0.372 e. The molecule has 1 aliphatic heterocycles. The molecule has 0 spiro atoms. The molecule has 2 aromatic rings. The Hall–Kier alpha value is -2.53. The van der Waals surface area contributed by atoms with Crippen LogP contribution in [0.5, 0.6) is 0 Å². The van der Waals surface area contributed by atoms with E-state index in [9.17, 15) is 27.5 Å². The summed E-state index contributed by atoms with van der Waals surface area (Å²) in [6.07, 6.45) is -0.264. The van der Waals surface area contributed by atoms with Crippen LogP contribution in [0.25, 0.3) is 0 Å². The van der Waals surface area contributed by atoms with E-state index in [1.54, 1.807) is 13.0 Å². The molecule has 4 N–H and O–H groups in total. The van der Waals surface area contributed by atoms with Crippen molar-refractivity contribution < 1.29 is 27.5 Å². The van der Waals surface area contributed by atoms with Gasteiger partial charge in [0.1, 0.15) is 10.7 Å². The van der Waals surface area contributed by atoms with Crippen molar-refractivity contribution in [3.8, 4) is 0 Å². The SMILES string of the molecule is Cc1ccc(N2CCC(O)(C(=O)NCc3cc(F)cc(Cl)c3)C2=O)c(S(N)(=O)=O)c1. The Morgan fingerprint density at radius 3 is 2.67 bits per heavy atom. The summed E-state index contributed by atoms with van der Waals surface area (Å²) in [6, 6.07) is 7.98. The predicted molar refractivity (Wildman–Crippen MR) is 108 cm³/mol. The fourth-order valence-electron chi connectivity index (χ4n) is 3.26. The fraction of sp³-hybridized carbons (Fsp3) is 0.263. The van der Waals surface area contributed by atoms with Crippen LogP contribution in [0.4, 0.5) is 10.1 Å². The molecule has 2 aromatic carbocycles. The van der Waals surface area contributed by atoms with Crippen molar-refractivity contribution >= 4 is 39.1 Å². The molecule has 11 heteroatoms. The van der Waals surface area contributed by atoms with Crippen LogP contribution in [0.15, 0.2) is 41.3 Å². The molecule has 0 aliphatic carbocycles. The minimum atomic E-state index is -4.15. The molecule has 0 saturated carbocycles. The number of sulfonamides is 1. The summed E-state index contributed by atoms with van der Waals surface area (Å²) < 4.78 is 37.3. The van der Waals surface area contributed by atoms with Crippen LogP contribution in [0.2, 0.25) is 5.02 Å². The van der Waals surface area contributed by atoms with E-state index >= 15 is 0 Å². The van der Waals surface area contributed by atoms with Crippen LogP contribution in [-0.2, 0) is 26.2 Å². The van der Waals surface area contributed by atoms with E-state index in [1.807, 2.05) is 0 Å². The topological polar surface area (TPSA) is 130 Å². The molecule has 1 aliphatic rings. The Bertz CT molecular complexity index is 1120. The average molecular weight is 456 g/mol. The highest BCUT2D eigenvalue weighted by atomic mass is 35.5. The molecular formula is C19H19ClFN3O5S. The van der Waals surface area contributed by atoms with Crippen molar-refractivity contribution in [2.24, 2.45) is 5.14 Å².